The summed E-state index contributed by atoms with van der Waals surface area (Å²) in [5.74, 6) is 0.444. The van der Waals surface area contributed by atoms with Crippen molar-refractivity contribution in [2.24, 2.45) is 11.7 Å². The molecule has 6 nitrogen and oxygen atoms in total. The van der Waals surface area contributed by atoms with E-state index in [0.717, 1.165) is 12.8 Å². The first-order valence-corrected chi connectivity index (χ1v) is 9.78. The molecule has 1 aliphatic heterocycles. The molecule has 1 heterocycles. The maximum atomic E-state index is 12.5. The van der Waals surface area contributed by atoms with Crippen LogP contribution in [0.25, 0.3) is 0 Å². The third-order valence-electron chi connectivity index (χ3n) is 4.74. The maximum Gasteiger partial charge on any atom is 0.253 e. The molecule has 7 heteroatoms. The molecule has 2 N–H and O–H groups in total. The minimum absolute atomic E-state index is 0.0494. The van der Waals surface area contributed by atoms with Crippen LogP contribution in [0, 0.1) is 5.92 Å². The molecule has 0 atom stereocenters. The van der Waals surface area contributed by atoms with Crippen molar-refractivity contribution >= 4 is 15.9 Å². The van der Waals surface area contributed by atoms with Gasteiger partial charge < -0.3 is 10.6 Å². The Labute approximate surface area is 144 Å². The molecule has 1 saturated heterocycles. The topological polar surface area (TPSA) is 83.7 Å². The number of likely N-dealkylation sites (tertiary alicyclic amines) is 1. The third-order valence-corrected chi connectivity index (χ3v) is 6.79. The van der Waals surface area contributed by atoms with Gasteiger partial charge in [-0.25, -0.2) is 8.42 Å². The fraction of sp³-hybridized carbons (Fsp3) is 0.588. The molecule has 1 amide bonds. The lowest BCUT2D eigenvalue weighted by atomic mass is 9.96. The highest BCUT2D eigenvalue weighted by molar-refractivity contribution is 7.89. The standard InChI is InChI=1S/C17H27N3O3S/c1-13(2)19(3)24(22,23)16-6-4-15(5-7-16)17(21)20-10-8-14(12-18)9-11-20/h4-7,13-14H,8-12,18H2,1-3H3. The number of nitrogens with two attached hydrogens (primary N) is 1. The zero-order chi connectivity index (χ0) is 17.9. The van der Waals surface area contributed by atoms with Crippen LogP contribution in [0.1, 0.15) is 37.0 Å². The molecule has 24 heavy (non-hydrogen) atoms. The van der Waals surface area contributed by atoms with Gasteiger partial charge in [0.25, 0.3) is 5.91 Å². The van der Waals surface area contributed by atoms with Crippen LogP contribution in [0.4, 0.5) is 0 Å². The summed E-state index contributed by atoms with van der Waals surface area (Å²) in [4.78, 5) is 14.6. The lowest BCUT2D eigenvalue weighted by molar-refractivity contribution is 0.0693. The average molecular weight is 353 g/mol. The minimum atomic E-state index is -3.52. The van der Waals surface area contributed by atoms with E-state index in [1.165, 1.54) is 16.4 Å². The number of sulfonamides is 1. The van der Waals surface area contributed by atoms with E-state index in [4.69, 9.17) is 5.73 Å². The van der Waals surface area contributed by atoms with Crippen LogP contribution in [-0.2, 0) is 10.0 Å². The molecule has 0 bridgehead atoms. The summed E-state index contributed by atoms with van der Waals surface area (Å²) in [6.45, 7) is 5.71. The third kappa shape index (κ3) is 3.96. The van der Waals surface area contributed by atoms with Crippen molar-refractivity contribution in [2.45, 2.75) is 37.6 Å². The molecule has 1 fully saturated rings. The lowest BCUT2D eigenvalue weighted by Crippen LogP contribution is -2.40. The van der Waals surface area contributed by atoms with E-state index < -0.39 is 10.0 Å². The molecular formula is C17H27N3O3S. The van der Waals surface area contributed by atoms with Gasteiger partial charge in [0, 0.05) is 31.7 Å². The molecule has 0 spiro atoms. The van der Waals surface area contributed by atoms with Crippen molar-refractivity contribution in [2.75, 3.05) is 26.7 Å². The second kappa shape index (κ2) is 7.63. The lowest BCUT2D eigenvalue weighted by Gasteiger charge is -2.31. The molecule has 0 saturated carbocycles. The number of rotatable bonds is 5. The van der Waals surface area contributed by atoms with Gasteiger partial charge in [-0.1, -0.05) is 0 Å². The second-order valence-corrected chi connectivity index (χ2v) is 8.61. The van der Waals surface area contributed by atoms with E-state index in [2.05, 4.69) is 0 Å². The van der Waals surface area contributed by atoms with Crippen molar-refractivity contribution in [1.29, 1.82) is 0 Å². The van der Waals surface area contributed by atoms with Crippen LogP contribution in [-0.4, -0.2) is 56.3 Å². The summed E-state index contributed by atoms with van der Waals surface area (Å²) >= 11 is 0. The minimum Gasteiger partial charge on any atom is -0.339 e. The van der Waals surface area contributed by atoms with Gasteiger partial charge in [-0.2, -0.15) is 4.31 Å². The number of hydrogen-bond acceptors (Lipinski definition) is 4. The molecule has 1 aliphatic rings. The number of carbonyl (C=O) groups excluding carboxylic acids is 1. The Hall–Kier alpha value is -1.44. The van der Waals surface area contributed by atoms with Crippen LogP contribution in [0.3, 0.4) is 0 Å². The van der Waals surface area contributed by atoms with Crippen molar-refractivity contribution in [3.63, 3.8) is 0 Å². The van der Waals surface area contributed by atoms with Crippen LogP contribution >= 0.6 is 0 Å². The molecule has 134 valence electrons. The van der Waals surface area contributed by atoms with Gasteiger partial charge in [-0.05, 0) is 63.4 Å². The largest absolute Gasteiger partial charge is 0.339 e. The Morgan fingerprint density at radius 2 is 1.79 bits per heavy atom. The van der Waals surface area contributed by atoms with E-state index in [1.807, 2.05) is 18.7 Å². The van der Waals surface area contributed by atoms with Crippen LogP contribution in [0.5, 0.6) is 0 Å². The fourth-order valence-electron chi connectivity index (χ4n) is 2.77. The van der Waals surface area contributed by atoms with E-state index in [0.29, 0.717) is 31.1 Å². The summed E-state index contributed by atoms with van der Waals surface area (Å²) in [6.07, 6.45) is 1.85. The highest BCUT2D eigenvalue weighted by Gasteiger charge is 2.25. The number of amides is 1. The first-order valence-electron chi connectivity index (χ1n) is 8.34. The highest BCUT2D eigenvalue weighted by Crippen LogP contribution is 2.20. The second-order valence-electron chi connectivity index (χ2n) is 6.61. The molecule has 0 unspecified atom stereocenters. The Balaban J connectivity index is 2.11. The van der Waals surface area contributed by atoms with E-state index >= 15 is 0 Å². The molecule has 1 aromatic rings. The first-order chi connectivity index (χ1) is 11.3. The zero-order valence-electron chi connectivity index (χ0n) is 14.6. The van der Waals surface area contributed by atoms with Crippen molar-refractivity contribution in [3.05, 3.63) is 29.8 Å². The Kier molecular flexibility index (Phi) is 6.01. The number of nitrogens with zero attached hydrogens (tertiary/aromatic N) is 2. The van der Waals surface area contributed by atoms with E-state index in [1.54, 1.807) is 19.2 Å². The average Bonchev–Trinajstić information content (AvgIpc) is 2.60. The first kappa shape index (κ1) is 18.9. The quantitative estimate of drug-likeness (QED) is 0.870. The number of carbonyl (C=O) groups is 1. The van der Waals surface area contributed by atoms with Gasteiger partial charge in [0.2, 0.25) is 10.0 Å². The Bertz CT molecular complexity index is 663. The molecular weight excluding hydrogens is 326 g/mol. The predicted molar refractivity (Wildman–Crippen MR) is 94.2 cm³/mol. The number of benzene rings is 1. The zero-order valence-corrected chi connectivity index (χ0v) is 15.4. The van der Waals surface area contributed by atoms with Gasteiger partial charge in [0.05, 0.1) is 4.90 Å². The van der Waals surface area contributed by atoms with Gasteiger partial charge in [0.15, 0.2) is 0 Å². The number of hydrogen-bond donors (Lipinski definition) is 1. The molecule has 0 aromatic heterocycles. The summed E-state index contributed by atoms with van der Waals surface area (Å²) < 4.78 is 26.2. The van der Waals surface area contributed by atoms with E-state index in [9.17, 15) is 13.2 Å². The summed E-state index contributed by atoms with van der Waals surface area (Å²) in [5.41, 5.74) is 6.20. The monoisotopic (exact) mass is 353 g/mol. The number of piperidine rings is 1. The SMILES string of the molecule is CC(C)N(C)S(=O)(=O)c1ccc(C(=O)N2CCC(CN)CC2)cc1. The Morgan fingerprint density at radius 1 is 1.25 bits per heavy atom. The van der Waals surface area contributed by atoms with Crippen LogP contribution < -0.4 is 5.73 Å². The van der Waals surface area contributed by atoms with Crippen molar-refractivity contribution < 1.29 is 13.2 Å². The Morgan fingerprint density at radius 3 is 2.25 bits per heavy atom. The van der Waals surface area contributed by atoms with Gasteiger partial charge >= 0.3 is 0 Å². The van der Waals surface area contributed by atoms with Crippen LogP contribution in [0.15, 0.2) is 29.2 Å². The summed E-state index contributed by atoms with van der Waals surface area (Å²) in [6, 6.07) is 6.08. The molecule has 1 aromatic carbocycles. The van der Waals surface area contributed by atoms with Crippen LogP contribution in [0.2, 0.25) is 0 Å². The van der Waals surface area contributed by atoms with Crippen molar-refractivity contribution in [3.8, 4) is 0 Å². The normalized spacial score (nSPS) is 16.8. The van der Waals surface area contributed by atoms with Crippen molar-refractivity contribution in [1.82, 2.24) is 9.21 Å². The highest BCUT2D eigenvalue weighted by atomic mass is 32.2. The van der Waals surface area contributed by atoms with Gasteiger partial charge in [0.1, 0.15) is 0 Å². The van der Waals surface area contributed by atoms with E-state index in [-0.39, 0.29) is 16.8 Å². The smallest absolute Gasteiger partial charge is 0.253 e. The maximum absolute atomic E-state index is 12.5. The van der Waals surface area contributed by atoms with Gasteiger partial charge in [-0.15, -0.1) is 0 Å². The molecule has 0 aliphatic carbocycles. The summed E-state index contributed by atoms with van der Waals surface area (Å²) in [5, 5.41) is 0. The summed E-state index contributed by atoms with van der Waals surface area (Å²) in [7, 11) is -1.97. The molecule has 2 rings (SSSR count). The van der Waals surface area contributed by atoms with Gasteiger partial charge in [-0.3, -0.25) is 4.79 Å². The fourth-order valence-corrected chi connectivity index (χ4v) is 4.14. The predicted octanol–water partition coefficient (Wildman–Crippen LogP) is 1.53. The molecule has 0 radical (unpaired) electrons.